The standard InChI is InChI=1S/C11H9N3O2S/c12-9-3-1-2-4-10(9)17-11-6-5-8(7-13-11)14(15)16/h1-7H,12H2. The van der Waals surface area contributed by atoms with Crippen molar-refractivity contribution in [3.05, 3.63) is 52.7 Å². The zero-order valence-corrected chi connectivity index (χ0v) is 9.55. The van der Waals surface area contributed by atoms with Crippen molar-refractivity contribution in [3.8, 4) is 0 Å². The summed E-state index contributed by atoms with van der Waals surface area (Å²) < 4.78 is 0. The molecule has 0 saturated heterocycles. The van der Waals surface area contributed by atoms with Crippen molar-refractivity contribution < 1.29 is 4.92 Å². The van der Waals surface area contributed by atoms with Gasteiger partial charge in [0.25, 0.3) is 5.69 Å². The van der Waals surface area contributed by atoms with Gasteiger partial charge in [-0.25, -0.2) is 4.98 Å². The minimum Gasteiger partial charge on any atom is -0.398 e. The summed E-state index contributed by atoms with van der Waals surface area (Å²) in [6.45, 7) is 0. The zero-order chi connectivity index (χ0) is 12.3. The Bertz CT molecular complexity index is 543. The number of nitrogens with zero attached hydrogens (tertiary/aromatic N) is 2. The maximum absolute atomic E-state index is 10.5. The number of rotatable bonds is 3. The van der Waals surface area contributed by atoms with E-state index in [1.165, 1.54) is 24.0 Å². The fraction of sp³-hybridized carbons (Fsp3) is 0. The second-order valence-corrected chi connectivity index (χ2v) is 4.31. The molecule has 0 unspecified atom stereocenters. The quantitative estimate of drug-likeness (QED) is 0.512. The topological polar surface area (TPSA) is 82.0 Å². The maximum Gasteiger partial charge on any atom is 0.287 e. The first-order chi connectivity index (χ1) is 8.16. The molecule has 17 heavy (non-hydrogen) atoms. The highest BCUT2D eigenvalue weighted by Gasteiger charge is 2.07. The van der Waals surface area contributed by atoms with E-state index in [2.05, 4.69) is 4.98 Å². The van der Waals surface area contributed by atoms with Gasteiger partial charge >= 0.3 is 0 Å². The van der Waals surface area contributed by atoms with Gasteiger partial charge in [0.2, 0.25) is 0 Å². The van der Waals surface area contributed by atoms with Crippen molar-refractivity contribution in [1.29, 1.82) is 0 Å². The number of nitrogens with two attached hydrogens (primary N) is 1. The third-order valence-corrected chi connectivity index (χ3v) is 3.11. The number of pyridine rings is 1. The van der Waals surface area contributed by atoms with E-state index in [-0.39, 0.29) is 5.69 Å². The second-order valence-electron chi connectivity index (χ2n) is 3.25. The predicted octanol–water partition coefficient (Wildman–Crippen LogP) is 2.72. The van der Waals surface area contributed by atoms with E-state index >= 15 is 0 Å². The number of para-hydroxylation sites is 1. The number of nitro groups is 1. The van der Waals surface area contributed by atoms with E-state index < -0.39 is 4.92 Å². The number of hydrogen-bond donors (Lipinski definition) is 1. The normalized spacial score (nSPS) is 10.1. The van der Waals surface area contributed by atoms with Crippen molar-refractivity contribution in [1.82, 2.24) is 4.98 Å². The molecular weight excluding hydrogens is 238 g/mol. The molecule has 0 radical (unpaired) electrons. The van der Waals surface area contributed by atoms with E-state index in [1.807, 2.05) is 18.2 Å². The molecule has 0 atom stereocenters. The molecule has 0 saturated carbocycles. The molecule has 86 valence electrons. The molecular formula is C11H9N3O2S. The van der Waals surface area contributed by atoms with E-state index in [9.17, 15) is 10.1 Å². The molecule has 6 heteroatoms. The molecule has 0 aliphatic rings. The fourth-order valence-electron chi connectivity index (χ4n) is 1.23. The summed E-state index contributed by atoms with van der Waals surface area (Å²) in [5.74, 6) is 0. The van der Waals surface area contributed by atoms with Crippen LogP contribution in [0.3, 0.4) is 0 Å². The van der Waals surface area contributed by atoms with E-state index in [0.717, 1.165) is 4.90 Å². The number of hydrogen-bond acceptors (Lipinski definition) is 5. The van der Waals surface area contributed by atoms with Crippen LogP contribution in [0.5, 0.6) is 0 Å². The number of anilines is 1. The van der Waals surface area contributed by atoms with Crippen LogP contribution >= 0.6 is 11.8 Å². The maximum atomic E-state index is 10.5. The highest BCUT2D eigenvalue weighted by Crippen LogP contribution is 2.30. The third kappa shape index (κ3) is 2.73. The van der Waals surface area contributed by atoms with Crippen LogP contribution in [0.4, 0.5) is 11.4 Å². The molecule has 5 nitrogen and oxygen atoms in total. The number of aromatic nitrogens is 1. The van der Waals surface area contributed by atoms with Gasteiger partial charge in [0.15, 0.2) is 0 Å². The first-order valence-electron chi connectivity index (χ1n) is 4.79. The van der Waals surface area contributed by atoms with Gasteiger partial charge in [-0.3, -0.25) is 10.1 Å². The molecule has 0 amide bonds. The third-order valence-electron chi connectivity index (χ3n) is 2.07. The van der Waals surface area contributed by atoms with Gasteiger partial charge in [0, 0.05) is 16.6 Å². The molecule has 0 aliphatic heterocycles. The molecule has 1 aromatic carbocycles. The lowest BCUT2D eigenvalue weighted by Gasteiger charge is -2.03. The van der Waals surface area contributed by atoms with Crippen molar-refractivity contribution in [2.45, 2.75) is 9.92 Å². The Morgan fingerprint density at radius 3 is 2.59 bits per heavy atom. The number of benzene rings is 1. The second kappa shape index (κ2) is 4.84. The monoisotopic (exact) mass is 247 g/mol. The first-order valence-corrected chi connectivity index (χ1v) is 5.61. The van der Waals surface area contributed by atoms with Crippen LogP contribution in [-0.2, 0) is 0 Å². The van der Waals surface area contributed by atoms with Crippen molar-refractivity contribution in [2.24, 2.45) is 0 Å². The molecule has 0 spiro atoms. The van der Waals surface area contributed by atoms with Gasteiger partial charge in [-0.1, -0.05) is 23.9 Å². The lowest BCUT2D eigenvalue weighted by atomic mass is 10.3. The average molecular weight is 247 g/mol. The van der Waals surface area contributed by atoms with E-state index in [4.69, 9.17) is 5.73 Å². The summed E-state index contributed by atoms with van der Waals surface area (Å²) in [5, 5.41) is 11.1. The van der Waals surface area contributed by atoms with Crippen LogP contribution in [0.15, 0.2) is 52.5 Å². The fourth-order valence-corrected chi connectivity index (χ4v) is 2.03. The van der Waals surface area contributed by atoms with Gasteiger partial charge in [-0.15, -0.1) is 0 Å². The Balaban J connectivity index is 2.20. The summed E-state index contributed by atoms with van der Waals surface area (Å²) in [4.78, 5) is 14.9. The SMILES string of the molecule is Nc1ccccc1Sc1ccc([N+](=O)[O-])cn1. The van der Waals surface area contributed by atoms with Crippen LogP contribution in [-0.4, -0.2) is 9.91 Å². The van der Waals surface area contributed by atoms with Crippen molar-refractivity contribution in [2.75, 3.05) is 5.73 Å². The van der Waals surface area contributed by atoms with Gasteiger partial charge in [0.1, 0.15) is 11.2 Å². The van der Waals surface area contributed by atoms with Crippen molar-refractivity contribution in [3.63, 3.8) is 0 Å². The Labute approximate surface area is 102 Å². The van der Waals surface area contributed by atoms with Crippen molar-refractivity contribution >= 4 is 23.1 Å². The lowest BCUT2D eigenvalue weighted by molar-refractivity contribution is -0.385. The Morgan fingerprint density at radius 1 is 1.24 bits per heavy atom. The Kier molecular flexibility index (Phi) is 3.24. The summed E-state index contributed by atoms with van der Waals surface area (Å²) in [6, 6.07) is 10.4. The van der Waals surface area contributed by atoms with E-state index in [1.54, 1.807) is 12.1 Å². The minimum atomic E-state index is -0.474. The molecule has 0 fully saturated rings. The van der Waals surface area contributed by atoms with Gasteiger partial charge in [0.05, 0.1) is 4.92 Å². The largest absolute Gasteiger partial charge is 0.398 e. The summed E-state index contributed by atoms with van der Waals surface area (Å²) in [6.07, 6.45) is 1.24. The van der Waals surface area contributed by atoms with Crippen LogP contribution in [0, 0.1) is 10.1 Å². The summed E-state index contributed by atoms with van der Waals surface area (Å²) in [5.41, 5.74) is 6.44. The Morgan fingerprint density at radius 2 is 2.00 bits per heavy atom. The van der Waals surface area contributed by atoms with Crippen LogP contribution < -0.4 is 5.73 Å². The van der Waals surface area contributed by atoms with Gasteiger partial charge < -0.3 is 5.73 Å². The average Bonchev–Trinajstić information content (AvgIpc) is 2.33. The number of nitrogen functional groups attached to an aromatic ring is 1. The molecule has 1 heterocycles. The molecule has 0 aliphatic carbocycles. The smallest absolute Gasteiger partial charge is 0.287 e. The lowest BCUT2D eigenvalue weighted by Crippen LogP contribution is -1.90. The highest BCUT2D eigenvalue weighted by atomic mass is 32.2. The van der Waals surface area contributed by atoms with E-state index in [0.29, 0.717) is 10.7 Å². The molecule has 2 rings (SSSR count). The molecule has 1 aromatic heterocycles. The molecule has 0 bridgehead atoms. The minimum absolute atomic E-state index is 0.0182. The first kappa shape index (κ1) is 11.4. The van der Waals surface area contributed by atoms with Crippen LogP contribution in [0.2, 0.25) is 0 Å². The van der Waals surface area contributed by atoms with Gasteiger partial charge in [-0.05, 0) is 18.2 Å². The van der Waals surface area contributed by atoms with Crippen LogP contribution in [0.25, 0.3) is 0 Å². The van der Waals surface area contributed by atoms with Gasteiger partial charge in [-0.2, -0.15) is 0 Å². The Hall–Kier alpha value is -2.08. The summed E-state index contributed by atoms with van der Waals surface area (Å²) in [7, 11) is 0. The highest BCUT2D eigenvalue weighted by molar-refractivity contribution is 7.99. The zero-order valence-electron chi connectivity index (χ0n) is 8.74. The predicted molar refractivity (Wildman–Crippen MR) is 65.9 cm³/mol. The molecule has 2 aromatic rings. The van der Waals surface area contributed by atoms with Crippen LogP contribution in [0.1, 0.15) is 0 Å². The molecule has 2 N–H and O–H groups in total. The summed E-state index contributed by atoms with van der Waals surface area (Å²) >= 11 is 1.38.